The Morgan fingerprint density at radius 3 is 2.10 bits per heavy atom. The normalized spacial score (nSPS) is 16.0. The van der Waals surface area contributed by atoms with E-state index >= 15 is 0 Å². The number of rotatable bonds is 6. The second kappa shape index (κ2) is 13.6. The minimum Gasteiger partial charge on any atom is -0.475 e. The molecule has 0 radical (unpaired) electrons. The van der Waals surface area contributed by atoms with Crippen LogP contribution in [0.4, 0.5) is 17.1 Å². The Morgan fingerprint density at radius 1 is 0.672 bits per heavy atom. The van der Waals surface area contributed by atoms with Gasteiger partial charge < -0.3 is 9.64 Å². The summed E-state index contributed by atoms with van der Waals surface area (Å²) in [6.45, 7) is 14.2. The van der Waals surface area contributed by atoms with Gasteiger partial charge in [0.15, 0.2) is 0 Å². The number of hydrogen-bond donors (Lipinski definition) is 0. The zero-order valence-corrected chi connectivity index (χ0v) is 34.1. The van der Waals surface area contributed by atoms with Crippen molar-refractivity contribution in [1.82, 2.24) is 9.55 Å². The molecule has 1 atom stereocenters. The van der Waals surface area contributed by atoms with Crippen LogP contribution in [0.2, 0.25) is 0 Å². The van der Waals surface area contributed by atoms with Crippen molar-refractivity contribution in [2.45, 2.75) is 64.3 Å². The van der Waals surface area contributed by atoms with Gasteiger partial charge in [-0.3, -0.25) is 4.57 Å². The zero-order chi connectivity index (χ0) is 39.8. The number of aromatic nitrogens is 2. The van der Waals surface area contributed by atoms with E-state index in [0.717, 1.165) is 39.4 Å². The van der Waals surface area contributed by atoms with E-state index < -0.39 is 0 Å². The second-order valence-corrected chi connectivity index (χ2v) is 17.5. The van der Waals surface area contributed by atoms with Gasteiger partial charge in [-0.2, -0.15) is 0 Å². The van der Waals surface area contributed by atoms with Gasteiger partial charge in [-0.15, -0.1) is 0 Å². The van der Waals surface area contributed by atoms with E-state index in [9.17, 15) is 0 Å². The van der Waals surface area contributed by atoms with Crippen LogP contribution in [0.5, 0.6) is 0 Å². The summed E-state index contributed by atoms with van der Waals surface area (Å²) in [5.41, 5.74) is 13.8. The summed E-state index contributed by atoms with van der Waals surface area (Å²) in [7, 11) is 0. The van der Waals surface area contributed by atoms with Crippen LogP contribution in [-0.4, -0.2) is 28.1 Å². The van der Waals surface area contributed by atoms with E-state index in [4.69, 9.17) is 14.7 Å². The zero-order valence-electron chi connectivity index (χ0n) is 34.1. The number of benzene rings is 6. The number of aryl methyl sites for hydroxylation is 1. The lowest BCUT2D eigenvalue weighted by molar-refractivity contribution is 0.308. The van der Waals surface area contributed by atoms with E-state index in [-0.39, 0.29) is 22.8 Å². The molecule has 5 heteroatoms. The van der Waals surface area contributed by atoms with Crippen molar-refractivity contribution in [1.29, 1.82) is 0 Å². The average Bonchev–Trinajstić information content (AvgIpc) is 3.84. The van der Waals surface area contributed by atoms with Gasteiger partial charge in [0.25, 0.3) is 0 Å². The van der Waals surface area contributed by atoms with Gasteiger partial charge in [0.2, 0.25) is 5.90 Å². The van der Waals surface area contributed by atoms with E-state index in [1.165, 1.54) is 44.3 Å². The van der Waals surface area contributed by atoms with Crippen molar-refractivity contribution >= 4 is 44.8 Å². The van der Waals surface area contributed by atoms with Gasteiger partial charge in [-0.25, -0.2) is 9.98 Å². The lowest BCUT2D eigenvalue weighted by Crippen LogP contribution is -2.30. The molecule has 0 amide bonds. The Bertz CT molecular complexity index is 2840. The van der Waals surface area contributed by atoms with Crippen molar-refractivity contribution in [3.8, 4) is 5.82 Å². The summed E-state index contributed by atoms with van der Waals surface area (Å²) in [6.07, 6.45) is 1.95. The van der Waals surface area contributed by atoms with Crippen LogP contribution in [-0.2, 0) is 15.6 Å². The molecule has 0 N–H and O–H groups in total. The third kappa shape index (κ3) is 5.91. The van der Waals surface area contributed by atoms with Crippen molar-refractivity contribution in [3.63, 3.8) is 0 Å². The molecule has 0 saturated carbocycles. The minimum absolute atomic E-state index is 0.0135. The quantitative estimate of drug-likeness (QED) is 0.170. The number of aliphatic imine (C=N–C) groups is 1. The summed E-state index contributed by atoms with van der Waals surface area (Å²) >= 11 is 0. The maximum absolute atomic E-state index is 6.56. The van der Waals surface area contributed by atoms with Gasteiger partial charge in [0.1, 0.15) is 12.4 Å². The number of nitrogens with zero attached hydrogens (tertiary/aromatic N) is 4. The lowest BCUT2D eigenvalue weighted by Gasteiger charge is -2.42. The summed E-state index contributed by atoms with van der Waals surface area (Å²) in [6, 6.07) is 55.0. The minimum atomic E-state index is -0.257. The summed E-state index contributed by atoms with van der Waals surface area (Å²) in [5, 5.41) is 2.44. The van der Waals surface area contributed by atoms with Gasteiger partial charge in [0.05, 0.1) is 28.5 Å². The molecule has 0 unspecified atom stereocenters. The molecule has 2 aliphatic rings. The maximum Gasteiger partial charge on any atom is 0.216 e. The maximum atomic E-state index is 6.56. The molecule has 0 spiro atoms. The van der Waals surface area contributed by atoms with Crippen LogP contribution in [0, 0.1) is 6.92 Å². The predicted octanol–water partition coefficient (Wildman–Crippen LogP) is 12.9. The highest BCUT2D eigenvalue weighted by Gasteiger charge is 2.38. The largest absolute Gasteiger partial charge is 0.475 e. The molecule has 0 aliphatic carbocycles. The van der Waals surface area contributed by atoms with Gasteiger partial charge >= 0.3 is 0 Å². The first-order valence-electron chi connectivity index (χ1n) is 20.4. The van der Waals surface area contributed by atoms with Crippen LogP contribution in [0.1, 0.15) is 79.5 Å². The highest BCUT2D eigenvalue weighted by atomic mass is 16.5. The molecule has 286 valence electrons. The monoisotopic (exact) mass is 756 g/mol. The third-order valence-corrected chi connectivity index (χ3v) is 12.3. The smallest absolute Gasteiger partial charge is 0.216 e. The molecule has 8 aromatic rings. The fourth-order valence-electron chi connectivity index (χ4n) is 9.38. The predicted molar refractivity (Wildman–Crippen MR) is 240 cm³/mol. The van der Waals surface area contributed by atoms with Crippen LogP contribution in [0.15, 0.2) is 163 Å². The van der Waals surface area contributed by atoms with Crippen LogP contribution in [0.25, 0.3) is 27.6 Å². The molecule has 0 bridgehead atoms. The lowest BCUT2D eigenvalue weighted by atomic mass is 9.73. The second-order valence-electron chi connectivity index (χ2n) is 17.5. The first kappa shape index (κ1) is 35.9. The van der Waals surface area contributed by atoms with Crippen LogP contribution in [0.3, 0.4) is 0 Å². The number of anilines is 3. The van der Waals surface area contributed by atoms with Crippen molar-refractivity contribution in [3.05, 3.63) is 197 Å². The van der Waals surface area contributed by atoms with Crippen LogP contribution < -0.4 is 4.90 Å². The fourth-order valence-corrected chi connectivity index (χ4v) is 9.38. The van der Waals surface area contributed by atoms with E-state index in [0.29, 0.717) is 12.5 Å². The molecular formula is C53H48N4O. The van der Waals surface area contributed by atoms with Crippen molar-refractivity contribution < 1.29 is 4.74 Å². The first-order chi connectivity index (χ1) is 28.1. The van der Waals surface area contributed by atoms with Crippen LogP contribution >= 0.6 is 0 Å². The summed E-state index contributed by atoms with van der Waals surface area (Å²) < 4.78 is 8.91. The number of hydrogen-bond acceptors (Lipinski definition) is 4. The van der Waals surface area contributed by atoms with Crippen molar-refractivity contribution in [2.24, 2.45) is 4.99 Å². The third-order valence-electron chi connectivity index (χ3n) is 12.3. The van der Waals surface area contributed by atoms with Gasteiger partial charge in [-0.05, 0) is 100 Å². The fraction of sp³-hybridized carbons (Fsp3) is 0.208. The average molecular weight is 757 g/mol. The van der Waals surface area contributed by atoms with Gasteiger partial charge in [0, 0.05) is 39.6 Å². The topological polar surface area (TPSA) is 42.6 Å². The number of ether oxygens (including phenoxy) is 1. The SMILES string of the molecule is Cc1cc(C2=N[C@H](C(c3ccccc3)c3ccccc3)CO2)cc(N2c3ccccc3C(C)(C)c3cc4c5ccccc5n(-c5cc(C(C)(C)C)ccn5)c4cc32)c1. The molecule has 2 aromatic heterocycles. The Morgan fingerprint density at radius 2 is 1.36 bits per heavy atom. The summed E-state index contributed by atoms with van der Waals surface area (Å²) in [5.74, 6) is 1.70. The highest BCUT2D eigenvalue weighted by Crippen LogP contribution is 2.54. The first-order valence-corrected chi connectivity index (χ1v) is 20.4. The molecule has 0 fully saturated rings. The van der Waals surface area contributed by atoms with E-state index in [1.807, 2.05) is 6.20 Å². The number of fused-ring (bicyclic) bond motifs is 5. The molecule has 10 rings (SSSR count). The van der Waals surface area contributed by atoms with E-state index in [1.54, 1.807) is 0 Å². The molecule has 2 aliphatic heterocycles. The molecular weight excluding hydrogens is 709 g/mol. The molecule has 4 heterocycles. The molecule has 6 aromatic carbocycles. The Balaban J connectivity index is 1.15. The van der Waals surface area contributed by atoms with Crippen molar-refractivity contribution in [2.75, 3.05) is 11.5 Å². The standard InChI is InChI=1S/C53H48N4O/c1-34-27-37(51-55-44(33-58-51)50(35-17-9-7-10-18-35)36-19-11-8-12-20-36)29-39(28-34)56-46-24-16-14-22-42(46)53(5,6)43-31-41-40-21-13-15-23-45(40)57(47(41)32-48(43)56)49-30-38(25-26-54-49)52(2,3)4/h7-32,44,50H,33H2,1-6H3/t44-/m0/s1. The number of para-hydroxylation sites is 2. The summed E-state index contributed by atoms with van der Waals surface area (Å²) in [4.78, 5) is 12.8. The Kier molecular flexibility index (Phi) is 8.42. The Hall–Kier alpha value is -6.46. The molecule has 5 nitrogen and oxygen atoms in total. The van der Waals surface area contributed by atoms with Gasteiger partial charge in [-0.1, -0.05) is 132 Å². The number of pyridine rings is 1. The van der Waals surface area contributed by atoms with E-state index in [2.05, 4.69) is 203 Å². The molecule has 0 saturated heterocycles. The Labute approximate surface area is 341 Å². The molecule has 58 heavy (non-hydrogen) atoms. The highest BCUT2D eigenvalue weighted by molar-refractivity contribution is 6.11.